The van der Waals surface area contributed by atoms with Crippen molar-refractivity contribution in [2.24, 2.45) is 0 Å². The highest BCUT2D eigenvalue weighted by Crippen LogP contribution is 2.23. The van der Waals surface area contributed by atoms with Gasteiger partial charge in [-0.1, -0.05) is 17.0 Å². The Morgan fingerprint density at radius 1 is 1.24 bits per heavy atom. The average molecular weight is 491 g/mol. The number of rotatable bonds is 11. The predicted molar refractivity (Wildman–Crippen MR) is 129 cm³/mol. The van der Waals surface area contributed by atoms with Crippen molar-refractivity contribution in [3.63, 3.8) is 0 Å². The zero-order valence-corrected chi connectivity index (χ0v) is 21.4. The molecular formula is C21H30N8O2S2. The second-order valence-electron chi connectivity index (χ2n) is 8.77. The number of ether oxygens (including phenoxy) is 1. The summed E-state index contributed by atoms with van der Waals surface area (Å²) < 4.78 is 7.80. The highest BCUT2D eigenvalue weighted by atomic mass is 32.2. The van der Waals surface area contributed by atoms with Crippen molar-refractivity contribution in [1.82, 2.24) is 40.6 Å². The van der Waals surface area contributed by atoms with Gasteiger partial charge in [0.15, 0.2) is 5.16 Å². The van der Waals surface area contributed by atoms with E-state index in [1.807, 2.05) is 33.3 Å². The van der Waals surface area contributed by atoms with Crippen LogP contribution in [0.4, 0.5) is 0 Å². The fraction of sp³-hybridized carbons (Fsp3) is 0.524. The lowest BCUT2D eigenvalue weighted by atomic mass is 10.1. The Kier molecular flexibility index (Phi) is 8.16. The molecule has 0 aliphatic carbocycles. The van der Waals surface area contributed by atoms with Crippen LogP contribution < -0.4 is 10.6 Å². The molecule has 10 nitrogen and oxygen atoms in total. The van der Waals surface area contributed by atoms with Gasteiger partial charge in [-0.2, -0.15) is 0 Å². The smallest absolute Gasteiger partial charge is 0.271 e. The summed E-state index contributed by atoms with van der Waals surface area (Å²) in [5, 5.41) is 17.5. The average Bonchev–Trinajstić information content (AvgIpc) is 3.46. The number of amides is 1. The number of nitrogens with one attached hydrogen (secondary N) is 2. The molecule has 0 atom stereocenters. The van der Waals surface area contributed by atoms with E-state index in [1.54, 1.807) is 22.5 Å². The van der Waals surface area contributed by atoms with Crippen molar-refractivity contribution in [2.45, 2.75) is 57.1 Å². The van der Waals surface area contributed by atoms with E-state index in [9.17, 15) is 4.79 Å². The lowest BCUT2D eigenvalue weighted by Crippen LogP contribution is -2.44. The molecule has 3 aromatic rings. The minimum Gasteiger partial charge on any atom is -0.372 e. The standard InChI is InChI=1S/C21H30N8O2S2/c1-20(2,22-5)13-31-21(3,4)12-29-10-15(27-28-29)9-23-17(30)16-11-33-18(26-16)14-7-24-19(32-6)25-8-14/h7-8,10-11,22H,9,12-13H2,1-6H3,(H,23,30). The van der Waals surface area contributed by atoms with Crippen LogP contribution >= 0.6 is 23.1 Å². The molecule has 0 aromatic carbocycles. The Morgan fingerprint density at radius 3 is 2.64 bits per heavy atom. The third-order valence-electron chi connectivity index (χ3n) is 4.85. The summed E-state index contributed by atoms with van der Waals surface area (Å²) in [6, 6.07) is 0. The topological polar surface area (TPSA) is 120 Å². The number of carbonyl (C=O) groups excluding carboxylic acids is 1. The van der Waals surface area contributed by atoms with Gasteiger partial charge >= 0.3 is 0 Å². The van der Waals surface area contributed by atoms with Crippen LogP contribution in [0.3, 0.4) is 0 Å². The van der Waals surface area contributed by atoms with E-state index >= 15 is 0 Å². The van der Waals surface area contributed by atoms with Gasteiger partial charge in [0, 0.05) is 28.9 Å². The number of hydrogen-bond donors (Lipinski definition) is 2. The summed E-state index contributed by atoms with van der Waals surface area (Å²) >= 11 is 2.85. The molecule has 0 bridgehead atoms. The fourth-order valence-electron chi connectivity index (χ4n) is 2.68. The molecule has 0 radical (unpaired) electrons. The SMILES string of the molecule is CNC(C)(C)COC(C)(C)Cn1cc(CNC(=O)c2csc(-c3cnc(SC)nc3)n2)nn1. The fourth-order valence-corrected chi connectivity index (χ4v) is 3.78. The molecule has 0 fully saturated rings. The van der Waals surface area contributed by atoms with Gasteiger partial charge in [-0.15, -0.1) is 16.4 Å². The molecular weight excluding hydrogens is 460 g/mol. The highest BCUT2D eigenvalue weighted by Gasteiger charge is 2.25. The van der Waals surface area contributed by atoms with Crippen LogP contribution in [0.25, 0.3) is 10.6 Å². The van der Waals surface area contributed by atoms with Crippen molar-refractivity contribution in [1.29, 1.82) is 0 Å². The third-order valence-corrected chi connectivity index (χ3v) is 6.32. The Hall–Kier alpha value is -2.41. The van der Waals surface area contributed by atoms with Crippen molar-refractivity contribution < 1.29 is 9.53 Å². The molecule has 0 aliphatic heterocycles. The quantitative estimate of drug-likeness (QED) is 0.309. The summed E-state index contributed by atoms with van der Waals surface area (Å²) in [4.78, 5) is 25.4. The Labute approximate surface area is 202 Å². The molecule has 1 amide bonds. The Balaban J connectivity index is 1.52. The lowest BCUT2D eigenvalue weighted by molar-refractivity contribution is -0.0535. The van der Waals surface area contributed by atoms with Gasteiger partial charge < -0.3 is 15.4 Å². The van der Waals surface area contributed by atoms with Crippen molar-refractivity contribution >= 4 is 29.0 Å². The molecule has 178 valence electrons. The van der Waals surface area contributed by atoms with Crippen molar-refractivity contribution in [3.05, 3.63) is 35.4 Å². The largest absolute Gasteiger partial charge is 0.372 e. The van der Waals surface area contributed by atoms with E-state index in [0.717, 1.165) is 5.56 Å². The van der Waals surface area contributed by atoms with E-state index < -0.39 is 5.60 Å². The molecule has 0 saturated heterocycles. The van der Waals surface area contributed by atoms with Gasteiger partial charge in [0.25, 0.3) is 5.91 Å². The van der Waals surface area contributed by atoms with Gasteiger partial charge in [-0.3, -0.25) is 4.79 Å². The van der Waals surface area contributed by atoms with E-state index in [1.165, 1.54) is 23.1 Å². The maximum atomic E-state index is 12.5. The van der Waals surface area contributed by atoms with Crippen LogP contribution in [0.2, 0.25) is 0 Å². The Morgan fingerprint density at radius 2 is 1.97 bits per heavy atom. The summed E-state index contributed by atoms with van der Waals surface area (Å²) in [7, 11) is 1.91. The van der Waals surface area contributed by atoms with Gasteiger partial charge in [0.05, 0.1) is 31.5 Å². The molecule has 3 rings (SSSR count). The normalized spacial score (nSPS) is 12.2. The van der Waals surface area contributed by atoms with Gasteiger partial charge in [-0.25, -0.2) is 19.6 Å². The molecule has 0 spiro atoms. The van der Waals surface area contributed by atoms with Gasteiger partial charge in [-0.05, 0) is 41.0 Å². The minimum atomic E-state index is -0.420. The van der Waals surface area contributed by atoms with Crippen LogP contribution in [-0.2, 0) is 17.8 Å². The molecule has 0 aliphatic rings. The molecule has 0 saturated carbocycles. The highest BCUT2D eigenvalue weighted by molar-refractivity contribution is 7.98. The summed E-state index contributed by atoms with van der Waals surface area (Å²) in [5.41, 5.74) is 1.25. The number of thiazole rings is 1. The second-order valence-corrected chi connectivity index (χ2v) is 10.4. The van der Waals surface area contributed by atoms with Crippen molar-refractivity contribution in [3.8, 4) is 10.6 Å². The van der Waals surface area contributed by atoms with Crippen LogP contribution in [0, 0.1) is 0 Å². The first-order chi connectivity index (χ1) is 15.6. The molecule has 3 heterocycles. The number of hydrogen-bond acceptors (Lipinski definition) is 10. The predicted octanol–water partition coefficient (Wildman–Crippen LogP) is 2.64. The van der Waals surface area contributed by atoms with E-state index in [0.29, 0.717) is 34.7 Å². The molecule has 2 N–H and O–H groups in total. The van der Waals surface area contributed by atoms with E-state index in [-0.39, 0.29) is 18.0 Å². The van der Waals surface area contributed by atoms with Crippen LogP contribution in [0.15, 0.2) is 29.1 Å². The van der Waals surface area contributed by atoms with E-state index in [4.69, 9.17) is 4.74 Å². The number of likely N-dealkylation sites (N-methyl/N-ethyl adjacent to an activating group) is 1. The third kappa shape index (κ3) is 7.29. The lowest BCUT2D eigenvalue weighted by Gasteiger charge is -2.31. The van der Waals surface area contributed by atoms with Gasteiger partial charge in [0.2, 0.25) is 0 Å². The maximum Gasteiger partial charge on any atom is 0.271 e. The van der Waals surface area contributed by atoms with Crippen LogP contribution in [0.1, 0.15) is 43.9 Å². The second kappa shape index (κ2) is 10.7. The zero-order valence-electron chi connectivity index (χ0n) is 19.7. The van der Waals surface area contributed by atoms with Gasteiger partial charge in [0.1, 0.15) is 16.4 Å². The summed E-state index contributed by atoms with van der Waals surface area (Å²) in [6.07, 6.45) is 7.15. The first-order valence-electron chi connectivity index (χ1n) is 10.4. The Bertz CT molecular complexity index is 1060. The zero-order chi connectivity index (χ0) is 24.1. The molecule has 12 heteroatoms. The van der Waals surface area contributed by atoms with Crippen LogP contribution in [0.5, 0.6) is 0 Å². The molecule has 33 heavy (non-hydrogen) atoms. The number of thioether (sulfide) groups is 1. The first kappa shape index (κ1) is 25.2. The molecule has 3 aromatic heterocycles. The minimum absolute atomic E-state index is 0.115. The van der Waals surface area contributed by atoms with E-state index in [2.05, 4.69) is 49.7 Å². The number of carbonyl (C=O) groups is 1. The monoisotopic (exact) mass is 490 g/mol. The number of aromatic nitrogens is 6. The van der Waals surface area contributed by atoms with Crippen molar-refractivity contribution in [2.75, 3.05) is 19.9 Å². The first-order valence-corrected chi connectivity index (χ1v) is 12.5. The summed E-state index contributed by atoms with van der Waals surface area (Å²) in [5.74, 6) is -0.272. The maximum absolute atomic E-state index is 12.5. The molecule has 0 unspecified atom stereocenters. The summed E-state index contributed by atoms with van der Waals surface area (Å²) in [6.45, 7) is 9.56. The number of nitrogens with zero attached hydrogens (tertiary/aromatic N) is 6. The van der Waals surface area contributed by atoms with Crippen LogP contribution in [-0.4, -0.2) is 66.9 Å².